The zero-order valence-electron chi connectivity index (χ0n) is 35.4. The smallest absolute Gasteiger partial charge is 0.305 e. The van der Waals surface area contributed by atoms with Gasteiger partial charge >= 0.3 is 5.97 Å². The lowest BCUT2D eigenvalue weighted by atomic mass is 9.44. The van der Waals surface area contributed by atoms with Gasteiger partial charge in [-0.1, -0.05) is 176 Å². The molecular formula is C49H90O2. The minimum atomic E-state index is 0.0406. The number of ether oxygens (including phenoxy) is 1. The molecule has 0 aliphatic heterocycles. The van der Waals surface area contributed by atoms with Crippen LogP contribution in [0.5, 0.6) is 0 Å². The van der Waals surface area contributed by atoms with E-state index in [1.807, 2.05) is 0 Å². The topological polar surface area (TPSA) is 26.3 Å². The van der Waals surface area contributed by atoms with Gasteiger partial charge in [-0.3, -0.25) is 4.79 Å². The van der Waals surface area contributed by atoms with Crippen molar-refractivity contribution < 1.29 is 9.53 Å². The number of hydrogen-bond donors (Lipinski definition) is 0. The quantitative estimate of drug-likeness (QED) is 0.0626. The summed E-state index contributed by atoms with van der Waals surface area (Å²) in [6.07, 6.45) is 45.9. The van der Waals surface area contributed by atoms with E-state index in [-0.39, 0.29) is 5.97 Å². The predicted octanol–water partition coefficient (Wildman–Crippen LogP) is 15.8. The molecule has 0 aromatic carbocycles. The number of hydrogen-bond acceptors (Lipinski definition) is 2. The third-order valence-electron chi connectivity index (χ3n) is 16.2. The van der Waals surface area contributed by atoms with Crippen LogP contribution in [0.2, 0.25) is 0 Å². The second-order valence-electron chi connectivity index (χ2n) is 19.9. The van der Waals surface area contributed by atoms with Crippen LogP contribution in [-0.2, 0) is 9.53 Å². The minimum absolute atomic E-state index is 0.0406. The van der Waals surface area contributed by atoms with E-state index in [9.17, 15) is 4.79 Å². The van der Waals surface area contributed by atoms with Crippen LogP contribution in [0, 0.1) is 52.3 Å². The maximum atomic E-state index is 12.4. The van der Waals surface area contributed by atoms with E-state index >= 15 is 0 Å². The first-order valence-corrected chi connectivity index (χ1v) is 23.9. The summed E-state index contributed by atoms with van der Waals surface area (Å²) in [5.41, 5.74) is 1.25. The van der Waals surface area contributed by atoms with Crippen molar-refractivity contribution in [2.75, 3.05) is 6.61 Å². The lowest BCUT2D eigenvalue weighted by molar-refractivity contribution is -0.145. The van der Waals surface area contributed by atoms with Crippen molar-refractivity contribution >= 4 is 5.97 Å². The van der Waals surface area contributed by atoms with Gasteiger partial charge in [0.1, 0.15) is 0 Å². The molecule has 298 valence electrons. The van der Waals surface area contributed by atoms with Gasteiger partial charge in [0.15, 0.2) is 0 Å². The first-order chi connectivity index (χ1) is 24.8. The molecule has 0 aromatic heterocycles. The number of carbonyl (C=O) groups excluding carboxylic acids is 1. The molecule has 4 rings (SSSR count). The van der Waals surface area contributed by atoms with Crippen LogP contribution in [0.1, 0.15) is 247 Å². The van der Waals surface area contributed by atoms with Crippen molar-refractivity contribution in [3.8, 4) is 0 Å². The van der Waals surface area contributed by atoms with E-state index in [2.05, 4.69) is 34.6 Å². The molecule has 51 heavy (non-hydrogen) atoms. The summed E-state index contributed by atoms with van der Waals surface area (Å²) >= 11 is 0. The average molecular weight is 711 g/mol. The minimum Gasteiger partial charge on any atom is -0.465 e. The maximum absolute atomic E-state index is 12.4. The molecule has 4 aliphatic rings. The molecule has 9 atom stereocenters. The molecule has 4 saturated carbocycles. The highest BCUT2D eigenvalue weighted by Crippen LogP contribution is 2.68. The van der Waals surface area contributed by atoms with Crippen LogP contribution in [0.4, 0.5) is 0 Å². The van der Waals surface area contributed by atoms with E-state index in [1.165, 1.54) is 193 Å². The number of esters is 1. The van der Waals surface area contributed by atoms with Gasteiger partial charge in [-0.2, -0.15) is 0 Å². The van der Waals surface area contributed by atoms with Gasteiger partial charge in [0, 0.05) is 6.42 Å². The molecule has 0 heterocycles. The van der Waals surface area contributed by atoms with E-state index in [0.717, 1.165) is 41.9 Å². The van der Waals surface area contributed by atoms with Crippen LogP contribution in [-0.4, -0.2) is 12.6 Å². The standard InChI is InChI=1S/C49H90O2/c1-6-7-8-9-10-11-12-13-14-15-16-17-18-19-20-21-22-23-24-31-47(50)51-39-40(2)28-27-29-41(3)44-34-35-45-43-33-32-42-30-25-26-37-48(42,4)46(43)36-38-49(44,45)5/h40-46H,6-39H2,1-5H3/t40?,41-,42?,43+,44-,45+,46+,48+,49-/m1/s1. The SMILES string of the molecule is CCCCCCCCCCCCCCCCCCCCCC(=O)OCC(C)CCC[C@@H](C)[C@H]1CC[C@H]2[C@@H]3CCC4CCCC[C@]4(C)[C@H]3CC[C@]12C. The Bertz CT molecular complexity index is 927. The highest BCUT2D eigenvalue weighted by atomic mass is 16.5. The first kappa shape index (κ1) is 43.2. The second kappa shape index (κ2) is 23.4. The van der Waals surface area contributed by atoms with Gasteiger partial charge in [-0.25, -0.2) is 0 Å². The molecule has 2 unspecified atom stereocenters. The summed E-state index contributed by atoms with van der Waals surface area (Å²) in [5, 5.41) is 0. The molecule has 0 N–H and O–H groups in total. The summed E-state index contributed by atoms with van der Waals surface area (Å²) in [6.45, 7) is 13.3. The van der Waals surface area contributed by atoms with Gasteiger partial charge < -0.3 is 4.74 Å². The van der Waals surface area contributed by atoms with Crippen LogP contribution >= 0.6 is 0 Å². The Balaban J connectivity index is 0.946. The number of carbonyl (C=O) groups is 1. The molecule has 0 amide bonds. The molecule has 4 aliphatic carbocycles. The fourth-order valence-electron chi connectivity index (χ4n) is 13.0. The first-order valence-electron chi connectivity index (χ1n) is 23.9. The average Bonchev–Trinajstić information content (AvgIpc) is 3.48. The second-order valence-corrected chi connectivity index (χ2v) is 19.9. The van der Waals surface area contributed by atoms with Crippen molar-refractivity contribution in [1.82, 2.24) is 0 Å². The van der Waals surface area contributed by atoms with Gasteiger partial charge in [-0.15, -0.1) is 0 Å². The third-order valence-corrected chi connectivity index (χ3v) is 16.2. The van der Waals surface area contributed by atoms with Crippen LogP contribution in [0.15, 0.2) is 0 Å². The van der Waals surface area contributed by atoms with E-state index in [1.54, 1.807) is 6.42 Å². The molecule has 2 heteroatoms. The largest absolute Gasteiger partial charge is 0.465 e. The molecule has 0 radical (unpaired) electrons. The van der Waals surface area contributed by atoms with Crippen molar-refractivity contribution in [3.05, 3.63) is 0 Å². The molecule has 4 fully saturated rings. The predicted molar refractivity (Wildman–Crippen MR) is 221 cm³/mol. The van der Waals surface area contributed by atoms with Crippen molar-refractivity contribution in [2.24, 2.45) is 52.3 Å². The summed E-state index contributed by atoms with van der Waals surface area (Å²) in [5.74, 6) is 6.36. The van der Waals surface area contributed by atoms with Crippen LogP contribution in [0.25, 0.3) is 0 Å². The van der Waals surface area contributed by atoms with Gasteiger partial charge in [0.25, 0.3) is 0 Å². The summed E-state index contributed by atoms with van der Waals surface area (Å²) in [4.78, 5) is 12.4. The van der Waals surface area contributed by atoms with Crippen molar-refractivity contribution in [1.29, 1.82) is 0 Å². The fraction of sp³-hybridized carbons (Fsp3) is 0.980. The molecule has 0 saturated heterocycles. The Morgan fingerprint density at radius 1 is 0.588 bits per heavy atom. The third kappa shape index (κ3) is 13.3. The molecule has 2 nitrogen and oxygen atoms in total. The Morgan fingerprint density at radius 3 is 1.76 bits per heavy atom. The molecule has 0 bridgehead atoms. The van der Waals surface area contributed by atoms with Crippen LogP contribution in [0.3, 0.4) is 0 Å². The highest BCUT2D eigenvalue weighted by molar-refractivity contribution is 5.69. The number of fused-ring (bicyclic) bond motifs is 5. The van der Waals surface area contributed by atoms with E-state index in [0.29, 0.717) is 29.8 Å². The lowest BCUT2D eigenvalue weighted by Gasteiger charge is -2.61. The molecule has 0 spiro atoms. The summed E-state index contributed by atoms with van der Waals surface area (Å²) in [6, 6.07) is 0. The van der Waals surface area contributed by atoms with E-state index < -0.39 is 0 Å². The van der Waals surface area contributed by atoms with Crippen LogP contribution < -0.4 is 0 Å². The van der Waals surface area contributed by atoms with E-state index in [4.69, 9.17) is 4.74 Å². The Hall–Kier alpha value is -0.530. The Kier molecular flexibility index (Phi) is 19.8. The fourth-order valence-corrected chi connectivity index (χ4v) is 13.0. The van der Waals surface area contributed by atoms with Gasteiger partial charge in [0.05, 0.1) is 6.61 Å². The summed E-state index contributed by atoms with van der Waals surface area (Å²) < 4.78 is 5.74. The highest BCUT2D eigenvalue weighted by Gasteiger charge is 2.60. The summed E-state index contributed by atoms with van der Waals surface area (Å²) in [7, 11) is 0. The van der Waals surface area contributed by atoms with Gasteiger partial charge in [-0.05, 0) is 116 Å². The monoisotopic (exact) mass is 711 g/mol. The Labute approximate surface area is 320 Å². The van der Waals surface area contributed by atoms with Crippen molar-refractivity contribution in [3.63, 3.8) is 0 Å². The number of unbranched alkanes of at least 4 members (excludes halogenated alkanes) is 18. The zero-order chi connectivity index (χ0) is 36.4. The molecule has 0 aromatic rings. The zero-order valence-corrected chi connectivity index (χ0v) is 35.4. The lowest BCUT2D eigenvalue weighted by Crippen LogP contribution is -2.53. The van der Waals surface area contributed by atoms with Crippen molar-refractivity contribution in [2.45, 2.75) is 247 Å². The number of rotatable bonds is 27. The Morgan fingerprint density at radius 2 is 1.16 bits per heavy atom. The normalized spacial score (nSPS) is 31.4. The molecular weight excluding hydrogens is 621 g/mol. The maximum Gasteiger partial charge on any atom is 0.305 e. The van der Waals surface area contributed by atoms with Gasteiger partial charge in [0.2, 0.25) is 0 Å².